The topological polar surface area (TPSA) is 49.3 Å². The van der Waals surface area contributed by atoms with Gasteiger partial charge in [0.05, 0.1) is 5.56 Å². The second kappa shape index (κ2) is 6.64. The van der Waals surface area contributed by atoms with E-state index in [1.165, 1.54) is 18.2 Å². The van der Waals surface area contributed by atoms with Crippen LogP contribution in [-0.2, 0) is 12.4 Å². The monoisotopic (exact) mass is 309 g/mol. The summed E-state index contributed by atoms with van der Waals surface area (Å²) in [6.45, 7) is 0.357. The Hall–Kier alpha value is -1.71. The Kier molecular flexibility index (Phi) is 4.88. The first-order valence-electron chi connectivity index (χ1n) is 6.00. The summed E-state index contributed by atoms with van der Waals surface area (Å²) < 4.78 is 0. The van der Waals surface area contributed by atoms with Gasteiger partial charge in [-0.15, -0.1) is 11.6 Å². The number of nitrogens with one attached hydrogen (secondary N) is 1. The summed E-state index contributed by atoms with van der Waals surface area (Å²) in [4.78, 5) is 12.0. The van der Waals surface area contributed by atoms with Crippen LogP contribution in [0.5, 0.6) is 5.75 Å². The molecule has 2 aromatic rings. The van der Waals surface area contributed by atoms with Crippen LogP contribution >= 0.6 is 23.2 Å². The van der Waals surface area contributed by atoms with Gasteiger partial charge in [0, 0.05) is 17.4 Å². The molecule has 2 rings (SSSR count). The number of rotatable bonds is 4. The van der Waals surface area contributed by atoms with Crippen molar-refractivity contribution >= 4 is 29.1 Å². The zero-order valence-corrected chi connectivity index (χ0v) is 12.1. The molecule has 0 aromatic heterocycles. The normalized spacial score (nSPS) is 10.3. The fraction of sp³-hybridized carbons (Fsp3) is 0.133. The van der Waals surface area contributed by atoms with Gasteiger partial charge in [-0.1, -0.05) is 35.9 Å². The van der Waals surface area contributed by atoms with Crippen molar-refractivity contribution in [2.75, 3.05) is 0 Å². The molecule has 104 valence electrons. The number of phenolic OH excluding ortho intramolecular Hbond substituents is 1. The van der Waals surface area contributed by atoms with Gasteiger partial charge >= 0.3 is 0 Å². The van der Waals surface area contributed by atoms with Crippen molar-refractivity contribution in [1.82, 2.24) is 5.32 Å². The molecule has 0 bridgehead atoms. The van der Waals surface area contributed by atoms with E-state index in [4.69, 9.17) is 23.2 Å². The standard InChI is InChI=1S/C15H13Cl2NO2/c16-8-10-2-1-3-11(6-10)9-18-15(20)13-7-12(17)4-5-14(13)19/h1-7,19H,8-9H2,(H,18,20). The number of benzene rings is 2. The highest BCUT2D eigenvalue weighted by Crippen LogP contribution is 2.21. The van der Waals surface area contributed by atoms with E-state index in [9.17, 15) is 9.90 Å². The lowest BCUT2D eigenvalue weighted by molar-refractivity contribution is 0.0948. The summed E-state index contributed by atoms with van der Waals surface area (Å²) in [5, 5.41) is 12.8. The number of alkyl halides is 1. The van der Waals surface area contributed by atoms with Crippen molar-refractivity contribution in [1.29, 1.82) is 0 Å². The van der Waals surface area contributed by atoms with Gasteiger partial charge in [-0.3, -0.25) is 4.79 Å². The Morgan fingerprint density at radius 1 is 1.15 bits per heavy atom. The Morgan fingerprint density at radius 2 is 1.90 bits per heavy atom. The number of carbonyl (C=O) groups is 1. The molecule has 5 heteroatoms. The highest BCUT2D eigenvalue weighted by Gasteiger charge is 2.11. The average molecular weight is 310 g/mol. The van der Waals surface area contributed by atoms with Gasteiger partial charge in [0.2, 0.25) is 0 Å². The number of aromatic hydroxyl groups is 1. The molecular formula is C15H13Cl2NO2. The third-order valence-electron chi connectivity index (χ3n) is 2.80. The van der Waals surface area contributed by atoms with Gasteiger partial charge in [0.1, 0.15) is 5.75 Å². The molecule has 1 amide bonds. The molecule has 0 unspecified atom stereocenters. The smallest absolute Gasteiger partial charge is 0.255 e. The molecule has 2 aromatic carbocycles. The van der Waals surface area contributed by atoms with E-state index in [2.05, 4.69) is 5.32 Å². The molecule has 2 N–H and O–H groups in total. The molecular weight excluding hydrogens is 297 g/mol. The van der Waals surface area contributed by atoms with Crippen molar-refractivity contribution in [3.8, 4) is 5.75 Å². The number of carbonyl (C=O) groups excluding carboxylic acids is 1. The van der Waals surface area contributed by atoms with Crippen LogP contribution in [0.4, 0.5) is 0 Å². The molecule has 0 heterocycles. The van der Waals surface area contributed by atoms with E-state index in [0.29, 0.717) is 17.4 Å². The van der Waals surface area contributed by atoms with E-state index < -0.39 is 0 Å². The van der Waals surface area contributed by atoms with Gasteiger partial charge in [0.25, 0.3) is 5.91 Å². The second-order valence-electron chi connectivity index (χ2n) is 4.30. The van der Waals surface area contributed by atoms with E-state index in [1.54, 1.807) is 0 Å². The second-order valence-corrected chi connectivity index (χ2v) is 5.00. The Balaban J connectivity index is 2.06. The lowest BCUT2D eigenvalue weighted by Gasteiger charge is -2.08. The predicted octanol–water partition coefficient (Wildman–Crippen LogP) is 3.71. The van der Waals surface area contributed by atoms with E-state index in [-0.39, 0.29) is 17.2 Å². The molecule has 0 fully saturated rings. The maximum Gasteiger partial charge on any atom is 0.255 e. The Bertz CT molecular complexity index is 629. The molecule has 0 aliphatic carbocycles. The number of phenols is 1. The molecule has 0 aliphatic rings. The quantitative estimate of drug-likeness (QED) is 0.846. The number of halogens is 2. The summed E-state index contributed by atoms with van der Waals surface area (Å²) in [6, 6.07) is 12.0. The third-order valence-corrected chi connectivity index (χ3v) is 3.35. The van der Waals surface area contributed by atoms with Crippen molar-refractivity contribution in [3.63, 3.8) is 0 Å². The molecule has 0 aliphatic heterocycles. The highest BCUT2D eigenvalue weighted by atomic mass is 35.5. The number of hydrogen-bond acceptors (Lipinski definition) is 2. The lowest BCUT2D eigenvalue weighted by Crippen LogP contribution is -2.22. The van der Waals surface area contributed by atoms with Crippen LogP contribution in [0.1, 0.15) is 21.5 Å². The fourth-order valence-corrected chi connectivity index (χ4v) is 2.13. The molecule has 0 spiro atoms. The van der Waals surface area contributed by atoms with E-state index in [0.717, 1.165) is 11.1 Å². The minimum atomic E-state index is -0.374. The summed E-state index contributed by atoms with van der Waals surface area (Å²) in [6.07, 6.45) is 0. The maximum absolute atomic E-state index is 12.0. The molecule has 0 saturated heterocycles. The van der Waals surface area contributed by atoms with Gasteiger partial charge in [0.15, 0.2) is 0 Å². The lowest BCUT2D eigenvalue weighted by atomic mass is 10.1. The predicted molar refractivity (Wildman–Crippen MR) is 80.3 cm³/mol. The van der Waals surface area contributed by atoms with Crippen LogP contribution in [0, 0.1) is 0 Å². The van der Waals surface area contributed by atoms with Crippen molar-refractivity contribution in [2.24, 2.45) is 0 Å². The Labute approximate surface area is 127 Å². The van der Waals surface area contributed by atoms with Crippen LogP contribution in [0.15, 0.2) is 42.5 Å². The van der Waals surface area contributed by atoms with Crippen LogP contribution in [0.25, 0.3) is 0 Å². The zero-order valence-electron chi connectivity index (χ0n) is 10.6. The largest absolute Gasteiger partial charge is 0.507 e. The SMILES string of the molecule is O=C(NCc1cccc(CCl)c1)c1cc(Cl)ccc1O. The summed E-state index contributed by atoms with van der Waals surface area (Å²) in [5.74, 6) is -0.0423. The molecule has 0 atom stereocenters. The van der Waals surface area contributed by atoms with Crippen molar-refractivity contribution in [3.05, 3.63) is 64.2 Å². The molecule has 3 nitrogen and oxygen atoms in total. The first kappa shape index (κ1) is 14.7. The molecule has 20 heavy (non-hydrogen) atoms. The first-order valence-corrected chi connectivity index (χ1v) is 6.92. The van der Waals surface area contributed by atoms with Gasteiger partial charge < -0.3 is 10.4 Å². The van der Waals surface area contributed by atoms with Gasteiger partial charge in [-0.25, -0.2) is 0 Å². The van der Waals surface area contributed by atoms with Crippen LogP contribution in [-0.4, -0.2) is 11.0 Å². The zero-order chi connectivity index (χ0) is 14.5. The fourth-order valence-electron chi connectivity index (χ4n) is 1.79. The maximum atomic E-state index is 12.0. The van der Waals surface area contributed by atoms with E-state index >= 15 is 0 Å². The molecule has 0 saturated carbocycles. The summed E-state index contributed by atoms with van der Waals surface area (Å²) in [7, 11) is 0. The van der Waals surface area contributed by atoms with Crippen LogP contribution in [0.2, 0.25) is 5.02 Å². The van der Waals surface area contributed by atoms with Crippen LogP contribution in [0.3, 0.4) is 0 Å². The minimum Gasteiger partial charge on any atom is -0.507 e. The third kappa shape index (κ3) is 3.65. The summed E-state index contributed by atoms with van der Waals surface area (Å²) in [5.41, 5.74) is 2.09. The van der Waals surface area contributed by atoms with Gasteiger partial charge in [-0.2, -0.15) is 0 Å². The molecule has 0 radical (unpaired) electrons. The van der Waals surface area contributed by atoms with Crippen LogP contribution < -0.4 is 5.32 Å². The van der Waals surface area contributed by atoms with Gasteiger partial charge in [-0.05, 0) is 29.3 Å². The van der Waals surface area contributed by atoms with E-state index in [1.807, 2.05) is 24.3 Å². The highest BCUT2D eigenvalue weighted by molar-refractivity contribution is 6.31. The number of amides is 1. The summed E-state index contributed by atoms with van der Waals surface area (Å²) >= 11 is 11.6. The average Bonchev–Trinajstić information content (AvgIpc) is 2.47. The Morgan fingerprint density at radius 3 is 2.65 bits per heavy atom. The van der Waals surface area contributed by atoms with Crippen molar-refractivity contribution in [2.45, 2.75) is 12.4 Å². The number of hydrogen-bond donors (Lipinski definition) is 2. The minimum absolute atomic E-state index is 0.0959. The van der Waals surface area contributed by atoms with Crippen molar-refractivity contribution < 1.29 is 9.90 Å². The first-order chi connectivity index (χ1) is 9.60.